The van der Waals surface area contributed by atoms with Gasteiger partial charge in [0.05, 0.1) is 13.2 Å². The molecule has 3 nitrogen and oxygen atoms in total. The molecule has 4 heteroatoms. The number of hydrogen-bond acceptors (Lipinski definition) is 2. The Hall–Kier alpha value is -1.55. The van der Waals surface area contributed by atoms with Crippen molar-refractivity contribution < 1.29 is 4.74 Å². The van der Waals surface area contributed by atoms with E-state index in [2.05, 4.69) is 43.2 Å². The van der Waals surface area contributed by atoms with E-state index in [0.29, 0.717) is 17.6 Å². The van der Waals surface area contributed by atoms with Crippen LogP contribution in [0.25, 0.3) is 0 Å². The Labute approximate surface area is 121 Å². The summed E-state index contributed by atoms with van der Waals surface area (Å²) in [6, 6.07) is 8.23. The van der Waals surface area contributed by atoms with Gasteiger partial charge in [-0.3, -0.25) is 0 Å². The molecule has 1 rings (SSSR count). The molecule has 0 saturated heterocycles. The lowest BCUT2D eigenvalue weighted by molar-refractivity contribution is 0.413. The fourth-order valence-corrected chi connectivity index (χ4v) is 2.01. The van der Waals surface area contributed by atoms with E-state index in [4.69, 9.17) is 17.0 Å². The van der Waals surface area contributed by atoms with E-state index in [-0.39, 0.29) is 6.04 Å². The number of methoxy groups -OCH3 is 1. The Balaban J connectivity index is 2.75. The first-order chi connectivity index (χ1) is 9.08. The van der Waals surface area contributed by atoms with E-state index >= 15 is 0 Å². The molecular weight excluding hydrogens is 256 g/mol. The Bertz CT molecular complexity index is 415. The highest BCUT2D eigenvalue weighted by Gasteiger charge is 2.16. The zero-order valence-electron chi connectivity index (χ0n) is 11.8. The Morgan fingerprint density at radius 3 is 2.47 bits per heavy atom. The van der Waals surface area contributed by atoms with Crippen molar-refractivity contribution in [2.45, 2.75) is 19.9 Å². The molecule has 0 aromatic heterocycles. The summed E-state index contributed by atoms with van der Waals surface area (Å²) in [6.07, 6.45) is 1.78. The monoisotopic (exact) mass is 278 g/mol. The molecule has 1 aromatic carbocycles. The SMILES string of the molecule is C=CCNC(=S)N[C@H](c1ccc(OC)cc1)C(C)C. The maximum atomic E-state index is 5.27. The predicted molar refractivity (Wildman–Crippen MR) is 84.5 cm³/mol. The molecule has 104 valence electrons. The minimum atomic E-state index is 0.177. The van der Waals surface area contributed by atoms with Crippen LogP contribution in [0, 0.1) is 5.92 Å². The second kappa shape index (κ2) is 7.79. The van der Waals surface area contributed by atoms with E-state index in [1.54, 1.807) is 13.2 Å². The first-order valence-electron chi connectivity index (χ1n) is 6.37. The lowest BCUT2D eigenvalue weighted by atomic mass is 9.96. The average molecular weight is 278 g/mol. The van der Waals surface area contributed by atoms with Gasteiger partial charge in [-0.05, 0) is 35.8 Å². The summed E-state index contributed by atoms with van der Waals surface area (Å²) in [6.45, 7) is 8.66. The third-order valence-electron chi connectivity index (χ3n) is 2.84. The smallest absolute Gasteiger partial charge is 0.167 e. The number of hydrogen-bond donors (Lipinski definition) is 2. The van der Waals surface area contributed by atoms with Crippen LogP contribution in [0.5, 0.6) is 5.75 Å². The largest absolute Gasteiger partial charge is 0.497 e. The molecule has 0 aliphatic rings. The third-order valence-corrected chi connectivity index (χ3v) is 3.10. The molecule has 1 atom stereocenters. The molecule has 1 aromatic rings. The van der Waals surface area contributed by atoms with Crippen molar-refractivity contribution in [3.8, 4) is 5.75 Å². The van der Waals surface area contributed by atoms with Crippen molar-refractivity contribution in [1.29, 1.82) is 0 Å². The summed E-state index contributed by atoms with van der Waals surface area (Å²) in [7, 11) is 1.67. The van der Waals surface area contributed by atoms with Crippen molar-refractivity contribution in [2.75, 3.05) is 13.7 Å². The standard InChI is InChI=1S/C15H22N2OS/c1-5-10-16-15(19)17-14(11(2)3)12-6-8-13(18-4)9-7-12/h5-9,11,14H,1,10H2,2-4H3,(H2,16,17,19)/t14-/m0/s1. The van der Waals surface area contributed by atoms with Crippen LogP contribution in [0.1, 0.15) is 25.5 Å². The van der Waals surface area contributed by atoms with Gasteiger partial charge in [-0.25, -0.2) is 0 Å². The number of thiocarbonyl (C=S) groups is 1. The van der Waals surface area contributed by atoms with Gasteiger partial charge in [0.1, 0.15) is 5.75 Å². The van der Waals surface area contributed by atoms with Crippen molar-refractivity contribution >= 4 is 17.3 Å². The quantitative estimate of drug-likeness (QED) is 0.619. The molecule has 19 heavy (non-hydrogen) atoms. The summed E-state index contributed by atoms with van der Waals surface area (Å²) >= 11 is 5.27. The maximum absolute atomic E-state index is 5.27. The number of benzene rings is 1. The second-order valence-corrected chi connectivity index (χ2v) is 5.05. The zero-order chi connectivity index (χ0) is 14.3. The van der Waals surface area contributed by atoms with Crippen LogP contribution >= 0.6 is 12.2 Å². The minimum Gasteiger partial charge on any atom is -0.497 e. The molecule has 0 aliphatic heterocycles. The molecule has 0 fully saturated rings. The first kappa shape index (κ1) is 15.5. The van der Waals surface area contributed by atoms with Gasteiger partial charge < -0.3 is 15.4 Å². The summed E-state index contributed by atoms with van der Waals surface area (Å²) < 4.78 is 5.17. The number of ether oxygens (including phenoxy) is 1. The van der Waals surface area contributed by atoms with Gasteiger partial charge in [-0.2, -0.15) is 0 Å². The highest BCUT2D eigenvalue weighted by atomic mass is 32.1. The number of nitrogens with one attached hydrogen (secondary N) is 2. The fourth-order valence-electron chi connectivity index (χ4n) is 1.80. The Morgan fingerprint density at radius 1 is 1.37 bits per heavy atom. The summed E-state index contributed by atoms with van der Waals surface area (Å²) in [4.78, 5) is 0. The molecule has 0 aliphatic carbocycles. The van der Waals surface area contributed by atoms with Gasteiger partial charge in [-0.1, -0.05) is 32.1 Å². The normalized spacial score (nSPS) is 11.8. The maximum Gasteiger partial charge on any atom is 0.167 e. The number of rotatable bonds is 6. The molecule has 0 amide bonds. The van der Waals surface area contributed by atoms with Crippen molar-refractivity contribution in [1.82, 2.24) is 10.6 Å². The lowest BCUT2D eigenvalue weighted by Crippen LogP contribution is -2.39. The van der Waals surface area contributed by atoms with Gasteiger partial charge in [-0.15, -0.1) is 6.58 Å². The van der Waals surface area contributed by atoms with Crippen LogP contribution < -0.4 is 15.4 Å². The van der Waals surface area contributed by atoms with Gasteiger partial charge >= 0.3 is 0 Å². The van der Waals surface area contributed by atoms with Gasteiger partial charge in [0.25, 0.3) is 0 Å². The zero-order valence-corrected chi connectivity index (χ0v) is 12.6. The first-order valence-corrected chi connectivity index (χ1v) is 6.78. The summed E-state index contributed by atoms with van der Waals surface area (Å²) in [5.74, 6) is 1.29. The molecule has 0 unspecified atom stereocenters. The Kier molecular flexibility index (Phi) is 6.36. The van der Waals surface area contributed by atoms with Gasteiger partial charge in [0.15, 0.2) is 5.11 Å². The van der Waals surface area contributed by atoms with Crippen LogP contribution in [-0.2, 0) is 0 Å². The van der Waals surface area contributed by atoms with E-state index in [1.807, 2.05) is 12.1 Å². The fraction of sp³-hybridized carbons (Fsp3) is 0.400. The molecule has 0 radical (unpaired) electrons. The predicted octanol–water partition coefficient (Wildman–Crippen LogP) is 3.04. The highest BCUT2D eigenvalue weighted by Crippen LogP contribution is 2.23. The summed E-state index contributed by atoms with van der Waals surface area (Å²) in [5.41, 5.74) is 1.19. The summed E-state index contributed by atoms with van der Waals surface area (Å²) in [5, 5.41) is 7.07. The van der Waals surface area contributed by atoms with E-state index < -0.39 is 0 Å². The second-order valence-electron chi connectivity index (χ2n) is 4.64. The van der Waals surface area contributed by atoms with Crippen molar-refractivity contribution in [3.05, 3.63) is 42.5 Å². The minimum absolute atomic E-state index is 0.177. The van der Waals surface area contributed by atoms with Crippen LogP contribution in [0.3, 0.4) is 0 Å². The van der Waals surface area contributed by atoms with E-state index in [1.165, 1.54) is 5.56 Å². The molecule has 0 bridgehead atoms. The van der Waals surface area contributed by atoms with Gasteiger partial charge in [0, 0.05) is 6.54 Å². The Morgan fingerprint density at radius 2 is 2.00 bits per heavy atom. The van der Waals surface area contributed by atoms with Crippen LogP contribution in [0.4, 0.5) is 0 Å². The lowest BCUT2D eigenvalue weighted by Gasteiger charge is -2.24. The van der Waals surface area contributed by atoms with E-state index in [9.17, 15) is 0 Å². The molecular formula is C15H22N2OS. The molecule has 0 heterocycles. The topological polar surface area (TPSA) is 33.3 Å². The van der Waals surface area contributed by atoms with Crippen LogP contribution in [0.15, 0.2) is 36.9 Å². The molecule has 0 saturated carbocycles. The van der Waals surface area contributed by atoms with Crippen LogP contribution in [0.2, 0.25) is 0 Å². The molecule has 0 spiro atoms. The average Bonchev–Trinajstić information content (AvgIpc) is 2.42. The van der Waals surface area contributed by atoms with Gasteiger partial charge in [0.2, 0.25) is 0 Å². The highest BCUT2D eigenvalue weighted by molar-refractivity contribution is 7.80. The van der Waals surface area contributed by atoms with E-state index in [0.717, 1.165) is 5.75 Å². The molecule has 2 N–H and O–H groups in total. The van der Waals surface area contributed by atoms with Crippen molar-refractivity contribution in [3.63, 3.8) is 0 Å². The van der Waals surface area contributed by atoms with Crippen molar-refractivity contribution in [2.24, 2.45) is 5.92 Å². The van der Waals surface area contributed by atoms with Crippen LogP contribution in [-0.4, -0.2) is 18.8 Å². The third kappa shape index (κ3) is 4.91.